The number of ether oxygens (including phenoxy) is 1. The number of anilines is 2. The molecule has 0 aliphatic carbocycles. The van der Waals surface area contributed by atoms with Crippen LogP contribution in [0.1, 0.15) is 43.8 Å². The molecule has 33 heavy (non-hydrogen) atoms. The summed E-state index contributed by atoms with van der Waals surface area (Å²) in [7, 11) is 0. The van der Waals surface area contributed by atoms with Crippen LogP contribution in [0.5, 0.6) is 0 Å². The molecule has 0 saturated heterocycles. The van der Waals surface area contributed by atoms with E-state index in [1.165, 1.54) is 23.9 Å². The highest BCUT2D eigenvalue weighted by Gasteiger charge is 2.24. The Morgan fingerprint density at radius 1 is 1.00 bits per heavy atom. The van der Waals surface area contributed by atoms with Crippen LogP contribution in [0.3, 0.4) is 0 Å². The first-order valence-electron chi connectivity index (χ1n) is 10.1. The van der Waals surface area contributed by atoms with Gasteiger partial charge in [0.15, 0.2) is 5.76 Å². The van der Waals surface area contributed by atoms with Crippen molar-refractivity contribution in [1.29, 1.82) is 0 Å². The Kier molecular flexibility index (Phi) is 6.41. The van der Waals surface area contributed by atoms with E-state index in [0.717, 1.165) is 5.56 Å². The number of nitrogens with one attached hydrogen (secondary N) is 2. The van der Waals surface area contributed by atoms with E-state index in [4.69, 9.17) is 13.6 Å². The monoisotopic (exact) mass is 464 g/mol. The van der Waals surface area contributed by atoms with Gasteiger partial charge < -0.3 is 24.2 Å². The molecule has 9 heteroatoms. The average molecular weight is 464 g/mol. The molecule has 4 aromatic rings. The average Bonchev–Trinajstić information content (AvgIpc) is 3.56. The van der Waals surface area contributed by atoms with Crippen molar-refractivity contribution in [2.24, 2.45) is 0 Å². The minimum absolute atomic E-state index is 0.160. The minimum atomic E-state index is -0.559. The summed E-state index contributed by atoms with van der Waals surface area (Å²) in [5, 5.41) is 7.59. The van der Waals surface area contributed by atoms with Crippen LogP contribution in [0.25, 0.3) is 11.3 Å². The molecule has 168 valence electrons. The first kappa shape index (κ1) is 22.1. The molecule has 2 amide bonds. The predicted octanol–water partition coefficient (Wildman–Crippen LogP) is 5.59. The summed E-state index contributed by atoms with van der Waals surface area (Å²) >= 11 is 1.19. The van der Waals surface area contributed by atoms with Crippen molar-refractivity contribution in [2.75, 3.05) is 17.2 Å². The van der Waals surface area contributed by atoms with Crippen molar-refractivity contribution < 1.29 is 28.0 Å². The van der Waals surface area contributed by atoms with Crippen LogP contribution in [0.4, 0.5) is 10.7 Å². The number of benzene rings is 1. The standard InChI is InChI=1S/C24H20N2O6S/c1-3-30-24(29)20-16(18-6-4-10-31-18)13-33-23(20)26-21(27)15-9-8-14(2)17(12-15)25-22(28)19-7-5-11-32-19/h4-13H,3H2,1-2H3,(H,25,28)(H,26,27). The van der Waals surface area contributed by atoms with Crippen molar-refractivity contribution in [2.45, 2.75) is 13.8 Å². The third-order valence-corrected chi connectivity index (χ3v) is 5.67. The number of carbonyl (C=O) groups excluding carboxylic acids is 3. The zero-order valence-electron chi connectivity index (χ0n) is 17.8. The molecule has 0 aliphatic heterocycles. The van der Waals surface area contributed by atoms with E-state index in [1.807, 2.05) is 6.92 Å². The first-order valence-corrected chi connectivity index (χ1v) is 10.9. The molecule has 8 nitrogen and oxygen atoms in total. The number of furan rings is 2. The van der Waals surface area contributed by atoms with Gasteiger partial charge in [-0.25, -0.2) is 4.79 Å². The molecular weight excluding hydrogens is 444 g/mol. The van der Waals surface area contributed by atoms with Gasteiger partial charge in [0.25, 0.3) is 11.8 Å². The number of rotatable bonds is 7. The lowest BCUT2D eigenvalue weighted by Gasteiger charge is -2.11. The van der Waals surface area contributed by atoms with Crippen molar-refractivity contribution in [3.8, 4) is 11.3 Å². The number of amides is 2. The molecule has 0 aliphatic rings. The zero-order chi connectivity index (χ0) is 23.4. The van der Waals surface area contributed by atoms with Gasteiger partial charge in [-0.3, -0.25) is 9.59 Å². The maximum absolute atomic E-state index is 13.0. The number of aryl methyl sites for hydroxylation is 1. The first-order chi connectivity index (χ1) is 16.0. The summed E-state index contributed by atoms with van der Waals surface area (Å²) in [5.41, 5.74) is 2.31. The Morgan fingerprint density at radius 3 is 2.48 bits per heavy atom. The molecule has 0 saturated carbocycles. The number of thiophene rings is 1. The van der Waals surface area contributed by atoms with Gasteiger partial charge in [0.05, 0.1) is 19.1 Å². The molecule has 0 spiro atoms. The maximum Gasteiger partial charge on any atom is 0.341 e. The third-order valence-electron chi connectivity index (χ3n) is 4.78. The van der Waals surface area contributed by atoms with E-state index >= 15 is 0 Å². The predicted molar refractivity (Wildman–Crippen MR) is 124 cm³/mol. The quantitative estimate of drug-likeness (QED) is 0.345. The molecule has 1 aromatic carbocycles. The fraction of sp³-hybridized carbons (Fsp3) is 0.125. The van der Waals surface area contributed by atoms with Crippen LogP contribution in [-0.2, 0) is 4.74 Å². The Bertz CT molecular complexity index is 1290. The summed E-state index contributed by atoms with van der Waals surface area (Å²) < 4.78 is 15.7. The Hall–Kier alpha value is -4.11. The topological polar surface area (TPSA) is 111 Å². The van der Waals surface area contributed by atoms with Crippen LogP contribution in [0.2, 0.25) is 0 Å². The van der Waals surface area contributed by atoms with E-state index in [9.17, 15) is 14.4 Å². The van der Waals surface area contributed by atoms with Crippen molar-refractivity contribution in [3.63, 3.8) is 0 Å². The fourth-order valence-corrected chi connectivity index (χ4v) is 4.07. The molecule has 0 radical (unpaired) electrons. The van der Waals surface area contributed by atoms with Crippen LogP contribution in [0.15, 0.2) is 69.2 Å². The van der Waals surface area contributed by atoms with Crippen LogP contribution >= 0.6 is 11.3 Å². The molecule has 0 fully saturated rings. The number of esters is 1. The second-order valence-electron chi connectivity index (χ2n) is 6.97. The van der Waals surface area contributed by atoms with Crippen LogP contribution in [0, 0.1) is 6.92 Å². The fourth-order valence-electron chi connectivity index (χ4n) is 3.13. The lowest BCUT2D eigenvalue weighted by atomic mass is 10.1. The second-order valence-corrected chi connectivity index (χ2v) is 7.85. The lowest BCUT2D eigenvalue weighted by molar-refractivity contribution is 0.0528. The molecular formula is C24H20N2O6S. The minimum Gasteiger partial charge on any atom is -0.464 e. The normalized spacial score (nSPS) is 10.6. The molecule has 2 N–H and O–H groups in total. The van der Waals surface area contributed by atoms with Gasteiger partial charge in [-0.15, -0.1) is 11.3 Å². The molecule has 3 aromatic heterocycles. The number of hydrogen-bond acceptors (Lipinski definition) is 7. The highest BCUT2D eigenvalue weighted by atomic mass is 32.1. The summed E-state index contributed by atoms with van der Waals surface area (Å²) in [6.07, 6.45) is 2.91. The highest BCUT2D eigenvalue weighted by Crippen LogP contribution is 2.36. The van der Waals surface area contributed by atoms with Gasteiger partial charge in [-0.1, -0.05) is 6.07 Å². The summed E-state index contributed by atoms with van der Waals surface area (Å²) in [6.45, 7) is 3.71. The van der Waals surface area contributed by atoms with Crippen molar-refractivity contribution in [3.05, 3.63) is 82.8 Å². The Labute approximate surface area is 193 Å². The van der Waals surface area contributed by atoms with E-state index in [2.05, 4.69) is 10.6 Å². The third kappa shape index (κ3) is 4.73. The zero-order valence-corrected chi connectivity index (χ0v) is 18.7. The number of hydrogen-bond donors (Lipinski definition) is 2. The molecule has 4 rings (SSSR count). The summed E-state index contributed by atoms with van der Waals surface area (Å²) in [6, 6.07) is 11.5. The van der Waals surface area contributed by atoms with Gasteiger partial charge in [0.2, 0.25) is 0 Å². The van der Waals surface area contributed by atoms with E-state index < -0.39 is 17.8 Å². The summed E-state index contributed by atoms with van der Waals surface area (Å²) in [5.74, 6) is -0.773. The smallest absolute Gasteiger partial charge is 0.341 e. The Balaban J connectivity index is 1.60. The van der Waals surface area contributed by atoms with Gasteiger partial charge in [0, 0.05) is 22.2 Å². The lowest BCUT2D eigenvalue weighted by Crippen LogP contribution is -2.16. The SMILES string of the molecule is CCOC(=O)c1c(-c2ccco2)csc1NC(=O)c1ccc(C)c(NC(=O)c2ccco2)c1. The van der Waals surface area contributed by atoms with Crippen molar-refractivity contribution in [1.82, 2.24) is 0 Å². The Morgan fingerprint density at radius 2 is 1.79 bits per heavy atom. The van der Waals surface area contributed by atoms with Crippen LogP contribution < -0.4 is 10.6 Å². The highest BCUT2D eigenvalue weighted by molar-refractivity contribution is 7.15. The molecule has 0 unspecified atom stereocenters. The number of carbonyl (C=O) groups is 3. The van der Waals surface area contributed by atoms with Gasteiger partial charge in [-0.05, 0) is 55.8 Å². The molecule has 0 bridgehead atoms. The van der Waals surface area contributed by atoms with Gasteiger partial charge in [0.1, 0.15) is 16.3 Å². The van der Waals surface area contributed by atoms with Crippen LogP contribution in [-0.4, -0.2) is 24.4 Å². The van der Waals surface area contributed by atoms with Crippen molar-refractivity contribution >= 4 is 39.8 Å². The second kappa shape index (κ2) is 9.58. The maximum atomic E-state index is 13.0. The molecule has 0 atom stereocenters. The van der Waals surface area contributed by atoms with Gasteiger partial charge >= 0.3 is 5.97 Å². The van der Waals surface area contributed by atoms with E-state index in [-0.39, 0.29) is 17.9 Å². The van der Waals surface area contributed by atoms with Gasteiger partial charge in [-0.2, -0.15) is 0 Å². The molecule has 3 heterocycles. The largest absolute Gasteiger partial charge is 0.464 e. The van der Waals surface area contributed by atoms with E-state index in [1.54, 1.807) is 54.8 Å². The summed E-state index contributed by atoms with van der Waals surface area (Å²) in [4.78, 5) is 38.0. The van der Waals surface area contributed by atoms with E-state index in [0.29, 0.717) is 27.6 Å².